The second-order valence-corrected chi connectivity index (χ2v) is 6.55. The van der Waals surface area contributed by atoms with Crippen LogP contribution in [0.1, 0.15) is 31.1 Å². The quantitative estimate of drug-likeness (QED) is 0.790. The number of hydrogen-bond acceptors (Lipinski definition) is 3. The molecule has 0 spiro atoms. The number of nitrogens with one attached hydrogen (secondary N) is 3. The number of rotatable bonds is 5. The van der Waals surface area contributed by atoms with E-state index in [0.717, 1.165) is 5.69 Å². The van der Waals surface area contributed by atoms with Crippen LogP contribution < -0.4 is 16.0 Å². The standard InChI is InChI=1S/C19H23N3O2/c1-19(2,3)22-17(23)13-20-15-10-7-11-16(12-15)21-18(24)14-8-5-4-6-9-14/h4-12,20H,13H2,1-3H3,(H,21,24)(H,22,23). The number of amides is 2. The lowest BCUT2D eigenvalue weighted by Crippen LogP contribution is -2.43. The Morgan fingerprint density at radius 1 is 0.917 bits per heavy atom. The van der Waals surface area contributed by atoms with Crippen molar-refractivity contribution >= 4 is 23.2 Å². The van der Waals surface area contributed by atoms with Crippen molar-refractivity contribution in [3.8, 4) is 0 Å². The lowest BCUT2D eigenvalue weighted by molar-refractivity contribution is -0.120. The molecule has 0 heterocycles. The Hall–Kier alpha value is -2.82. The van der Waals surface area contributed by atoms with Crippen molar-refractivity contribution < 1.29 is 9.59 Å². The Balaban J connectivity index is 1.94. The normalized spacial score (nSPS) is 10.8. The number of carbonyl (C=O) groups is 2. The SMILES string of the molecule is CC(C)(C)NC(=O)CNc1cccc(NC(=O)c2ccccc2)c1. The Morgan fingerprint density at radius 3 is 2.25 bits per heavy atom. The highest BCUT2D eigenvalue weighted by Gasteiger charge is 2.13. The molecule has 2 aromatic carbocycles. The first-order valence-corrected chi connectivity index (χ1v) is 7.85. The third kappa shape index (κ3) is 5.76. The van der Waals surface area contributed by atoms with E-state index in [-0.39, 0.29) is 23.9 Å². The summed E-state index contributed by atoms with van der Waals surface area (Å²) in [6.07, 6.45) is 0. The molecule has 126 valence electrons. The van der Waals surface area contributed by atoms with Crippen LogP contribution in [-0.4, -0.2) is 23.9 Å². The summed E-state index contributed by atoms with van der Waals surface area (Å²) in [7, 11) is 0. The van der Waals surface area contributed by atoms with Crippen LogP contribution in [0.4, 0.5) is 11.4 Å². The summed E-state index contributed by atoms with van der Waals surface area (Å²) in [6, 6.07) is 16.3. The van der Waals surface area contributed by atoms with Gasteiger partial charge in [-0.1, -0.05) is 24.3 Å². The molecule has 2 aromatic rings. The number of benzene rings is 2. The molecule has 0 unspecified atom stereocenters. The van der Waals surface area contributed by atoms with Crippen LogP contribution >= 0.6 is 0 Å². The van der Waals surface area contributed by atoms with Gasteiger partial charge >= 0.3 is 0 Å². The highest BCUT2D eigenvalue weighted by molar-refractivity contribution is 6.04. The third-order valence-electron chi connectivity index (χ3n) is 3.12. The zero-order valence-corrected chi connectivity index (χ0v) is 14.2. The van der Waals surface area contributed by atoms with Gasteiger partial charge in [0, 0.05) is 22.5 Å². The highest BCUT2D eigenvalue weighted by Crippen LogP contribution is 2.16. The molecule has 5 nitrogen and oxygen atoms in total. The molecule has 0 aliphatic heterocycles. The maximum Gasteiger partial charge on any atom is 0.255 e. The zero-order valence-electron chi connectivity index (χ0n) is 14.2. The van der Waals surface area contributed by atoms with Gasteiger partial charge in [0.1, 0.15) is 0 Å². The van der Waals surface area contributed by atoms with Gasteiger partial charge < -0.3 is 16.0 Å². The van der Waals surface area contributed by atoms with Crippen molar-refractivity contribution in [1.29, 1.82) is 0 Å². The monoisotopic (exact) mass is 325 g/mol. The second-order valence-electron chi connectivity index (χ2n) is 6.55. The van der Waals surface area contributed by atoms with Gasteiger partial charge in [-0.15, -0.1) is 0 Å². The Bertz CT molecular complexity index is 706. The van der Waals surface area contributed by atoms with Crippen LogP contribution in [0.2, 0.25) is 0 Å². The average Bonchev–Trinajstić information content (AvgIpc) is 2.52. The first-order valence-electron chi connectivity index (χ1n) is 7.85. The number of anilines is 2. The minimum absolute atomic E-state index is 0.0822. The van der Waals surface area contributed by atoms with Crippen LogP contribution in [-0.2, 0) is 4.79 Å². The first kappa shape index (κ1) is 17.5. The minimum Gasteiger partial charge on any atom is -0.376 e. The van der Waals surface area contributed by atoms with Crippen molar-refractivity contribution in [2.24, 2.45) is 0 Å². The molecule has 3 N–H and O–H groups in total. The average molecular weight is 325 g/mol. The van der Waals surface area contributed by atoms with Crippen molar-refractivity contribution in [1.82, 2.24) is 5.32 Å². The zero-order chi connectivity index (χ0) is 17.6. The maximum absolute atomic E-state index is 12.2. The summed E-state index contributed by atoms with van der Waals surface area (Å²) in [5.74, 6) is -0.251. The summed E-state index contributed by atoms with van der Waals surface area (Å²) >= 11 is 0. The van der Waals surface area contributed by atoms with Gasteiger partial charge in [0.15, 0.2) is 0 Å². The van der Waals surface area contributed by atoms with E-state index in [4.69, 9.17) is 0 Å². The van der Waals surface area contributed by atoms with E-state index in [2.05, 4.69) is 16.0 Å². The lowest BCUT2D eigenvalue weighted by Gasteiger charge is -2.20. The molecule has 0 fully saturated rings. The Morgan fingerprint density at radius 2 is 1.58 bits per heavy atom. The van der Waals surface area contributed by atoms with E-state index in [9.17, 15) is 9.59 Å². The molecule has 0 atom stereocenters. The van der Waals surface area contributed by atoms with Gasteiger partial charge in [-0.25, -0.2) is 0 Å². The van der Waals surface area contributed by atoms with Gasteiger partial charge in [0.25, 0.3) is 5.91 Å². The Labute approximate surface area is 142 Å². The van der Waals surface area contributed by atoms with Crippen molar-refractivity contribution in [3.63, 3.8) is 0 Å². The number of hydrogen-bond donors (Lipinski definition) is 3. The van der Waals surface area contributed by atoms with E-state index in [1.54, 1.807) is 24.3 Å². The maximum atomic E-state index is 12.2. The fraction of sp³-hybridized carbons (Fsp3) is 0.263. The largest absolute Gasteiger partial charge is 0.376 e. The van der Waals surface area contributed by atoms with Crippen LogP contribution in [0.5, 0.6) is 0 Å². The van der Waals surface area contributed by atoms with Gasteiger partial charge in [-0.3, -0.25) is 9.59 Å². The van der Waals surface area contributed by atoms with E-state index in [1.165, 1.54) is 0 Å². The second kappa shape index (κ2) is 7.64. The fourth-order valence-corrected chi connectivity index (χ4v) is 2.14. The topological polar surface area (TPSA) is 70.2 Å². The highest BCUT2D eigenvalue weighted by atomic mass is 16.2. The minimum atomic E-state index is -0.260. The molecule has 0 aliphatic carbocycles. The van der Waals surface area contributed by atoms with Crippen LogP contribution in [0.15, 0.2) is 54.6 Å². The van der Waals surface area contributed by atoms with Gasteiger partial charge in [-0.05, 0) is 51.1 Å². The van der Waals surface area contributed by atoms with Crippen molar-refractivity contribution in [2.45, 2.75) is 26.3 Å². The summed E-state index contributed by atoms with van der Waals surface area (Å²) in [5.41, 5.74) is 1.78. The molecule has 2 rings (SSSR count). The summed E-state index contributed by atoms with van der Waals surface area (Å²) in [5, 5.41) is 8.79. The van der Waals surface area contributed by atoms with E-state index in [0.29, 0.717) is 11.3 Å². The van der Waals surface area contributed by atoms with Gasteiger partial charge in [0.05, 0.1) is 6.54 Å². The molecular weight excluding hydrogens is 302 g/mol. The van der Waals surface area contributed by atoms with Crippen molar-refractivity contribution in [3.05, 3.63) is 60.2 Å². The summed E-state index contributed by atoms with van der Waals surface area (Å²) in [6.45, 7) is 5.98. The van der Waals surface area contributed by atoms with Crippen LogP contribution in [0.3, 0.4) is 0 Å². The number of carbonyl (C=O) groups excluding carboxylic acids is 2. The van der Waals surface area contributed by atoms with E-state index >= 15 is 0 Å². The molecule has 5 heteroatoms. The molecule has 0 bridgehead atoms. The van der Waals surface area contributed by atoms with Crippen molar-refractivity contribution in [2.75, 3.05) is 17.2 Å². The molecule has 24 heavy (non-hydrogen) atoms. The molecule has 2 amide bonds. The molecule has 0 aromatic heterocycles. The molecule has 0 radical (unpaired) electrons. The van der Waals surface area contributed by atoms with Crippen LogP contribution in [0, 0.1) is 0 Å². The summed E-state index contributed by atoms with van der Waals surface area (Å²) < 4.78 is 0. The predicted molar refractivity (Wildman–Crippen MR) is 97.2 cm³/mol. The third-order valence-corrected chi connectivity index (χ3v) is 3.12. The smallest absolute Gasteiger partial charge is 0.255 e. The van der Waals surface area contributed by atoms with E-state index in [1.807, 2.05) is 51.1 Å². The summed E-state index contributed by atoms with van der Waals surface area (Å²) in [4.78, 5) is 24.0. The fourth-order valence-electron chi connectivity index (χ4n) is 2.14. The molecule has 0 aliphatic rings. The van der Waals surface area contributed by atoms with Crippen LogP contribution in [0.25, 0.3) is 0 Å². The predicted octanol–water partition coefficient (Wildman–Crippen LogP) is 3.27. The van der Waals surface area contributed by atoms with Gasteiger partial charge in [0.2, 0.25) is 5.91 Å². The molecule has 0 saturated heterocycles. The lowest BCUT2D eigenvalue weighted by atomic mass is 10.1. The van der Waals surface area contributed by atoms with E-state index < -0.39 is 0 Å². The van der Waals surface area contributed by atoms with Gasteiger partial charge in [-0.2, -0.15) is 0 Å². The molecule has 0 saturated carbocycles. The molecular formula is C19H23N3O2. The first-order chi connectivity index (χ1) is 11.3. The Kier molecular flexibility index (Phi) is 5.58.